The lowest BCUT2D eigenvalue weighted by Gasteiger charge is -2.12. The summed E-state index contributed by atoms with van der Waals surface area (Å²) in [6, 6.07) is 9.28. The van der Waals surface area contributed by atoms with Crippen LogP contribution in [0.4, 0.5) is 0 Å². The molecule has 0 saturated carbocycles. The van der Waals surface area contributed by atoms with Gasteiger partial charge in [0.05, 0.1) is 15.9 Å². The molecule has 1 fully saturated rings. The predicted octanol–water partition coefficient (Wildman–Crippen LogP) is 3.52. The van der Waals surface area contributed by atoms with Crippen LogP contribution in [0.3, 0.4) is 0 Å². The van der Waals surface area contributed by atoms with Gasteiger partial charge in [-0.25, -0.2) is 0 Å². The largest absolute Gasteiger partial charge is 0.308 e. The molecule has 1 heterocycles. The number of halogens is 1. The molecule has 1 unspecified atom stereocenters. The topological polar surface area (TPSA) is 44.1 Å². The van der Waals surface area contributed by atoms with Gasteiger partial charge in [0.15, 0.2) is 0 Å². The van der Waals surface area contributed by atoms with Crippen LogP contribution in [-0.4, -0.2) is 23.1 Å². The zero-order chi connectivity index (χ0) is 14.0. The first-order valence-electron chi connectivity index (χ1n) is 5.93. The highest BCUT2D eigenvalue weighted by Gasteiger charge is 2.35. The second kappa shape index (κ2) is 5.68. The molecule has 1 amide bonds. The number of amides is 1. The van der Waals surface area contributed by atoms with E-state index in [4.69, 9.17) is 11.6 Å². The van der Waals surface area contributed by atoms with Gasteiger partial charge < -0.3 is 4.90 Å². The highest BCUT2D eigenvalue weighted by molar-refractivity contribution is 8.05. The molecule has 0 aromatic heterocycles. The molecule has 1 atom stereocenters. The number of thioether (sulfide) groups is 1. The molecular weight excluding hydrogens is 280 g/mol. The highest BCUT2D eigenvalue weighted by atomic mass is 35.5. The van der Waals surface area contributed by atoms with Crippen molar-refractivity contribution >= 4 is 34.8 Å². The summed E-state index contributed by atoms with van der Waals surface area (Å²) < 4.78 is 0. The molecule has 5 heteroatoms. The number of carbonyl (C=O) groups is 1. The Morgan fingerprint density at radius 3 is 2.58 bits per heavy atom. The monoisotopic (exact) mass is 292 g/mol. The van der Waals surface area contributed by atoms with Crippen LogP contribution in [0.25, 0.3) is 5.57 Å². The molecule has 1 aliphatic heterocycles. The summed E-state index contributed by atoms with van der Waals surface area (Å²) in [5, 5.41) is 10.6. The molecule has 0 spiro atoms. The summed E-state index contributed by atoms with van der Waals surface area (Å²) in [5.41, 5.74) is 1.30. The number of nitrogens with zero attached hydrogens (tertiary/aromatic N) is 2. The van der Waals surface area contributed by atoms with Crippen molar-refractivity contribution in [1.82, 2.24) is 4.90 Å². The minimum absolute atomic E-state index is 0.0595. The number of allylic oxidation sites excluding steroid dienone is 1. The third kappa shape index (κ3) is 2.63. The van der Waals surface area contributed by atoms with Crippen LogP contribution in [0, 0.1) is 11.3 Å². The molecular formula is C14H13ClN2OS. The average Bonchev–Trinajstić information content (AvgIpc) is 2.70. The van der Waals surface area contributed by atoms with Crippen molar-refractivity contribution in [3.63, 3.8) is 0 Å². The standard InChI is InChI=1S/C14H13ClN2OS/c1-3-12-13(18)17(2)14(19-12)11(8-16)9-4-6-10(15)7-5-9/h4-7,12H,3H2,1-2H3/b14-11-. The molecule has 19 heavy (non-hydrogen) atoms. The third-order valence-electron chi connectivity index (χ3n) is 2.99. The van der Waals surface area contributed by atoms with Gasteiger partial charge in [0.25, 0.3) is 0 Å². The van der Waals surface area contributed by atoms with Crippen LogP contribution in [0.15, 0.2) is 29.3 Å². The van der Waals surface area contributed by atoms with E-state index in [1.54, 1.807) is 36.2 Å². The van der Waals surface area contributed by atoms with Gasteiger partial charge in [-0.1, -0.05) is 42.4 Å². The van der Waals surface area contributed by atoms with Crippen molar-refractivity contribution in [1.29, 1.82) is 5.26 Å². The summed E-state index contributed by atoms with van der Waals surface area (Å²) in [6.45, 7) is 1.97. The van der Waals surface area contributed by atoms with Crippen LogP contribution in [-0.2, 0) is 4.79 Å². The Morgan fingerprint density at radius 1 is 1.47 bits per heavy atom. The third-order valence-corrected chi connectivity index (χ3v) is 4.77. The van der Waals surface area contributed by atoms with E-state index in [0.29, 0.717) is 10.6 Å². The molecule has 2 rings (SSSR count). The Kier molecular flexibility index (Phi) is 4.18. The molecule has 1 saturated heterocycles. The van der Waals surface area contributed by atoms with Gasteiger partial charge in [-0.2, -0.15) is 5.26 Å². The van der Waals surface area contributed by atoms with Gasteiger partial charge in [-0.05, 0) is 24.1 Å². The van der Waals surface area contributed by atoms with Crippen molar-refractivity contribution < 1.29 is 4.79 Å². The van der Waals surface area contributed by atoms with E-state index in [9.17, 15) is 10.1 Å². The fourth-order valence-corrected chi connectivity index (χ4v) is 3.27. The Hall–Kier alpha value is -1.44. The van der Waals surface area contributed by atoms with Crippen molar-refractivity contribution in [2.75, 3.05) is 7.05 Å². The number of rotatable bonds is 2. The van der Waals surface area contributed by atoms with E-state index in [1.807, 2.05) is 6.92 Å². The molecule has 0 N–H and O–H groups in total. The summed E-state index contributed by atoms with van der Waals surface area (Å²) in [4.78, 5) is 13.6. The number of hydrogen-bond donors (Lipinski definition) is 0. The molecule has 0 bridgehead atoms. The van der Waals surface area contributed by atoms with Gasteiger partial charge >= 0.3 is 0 Å². The molecule has 0 radical (unpaired) electrons. The van der Waals surface area contributed by atoms with Crippen molar-refractivity contribution in [2.24, 2.45) is 0 Å². The van der Waals surface area contributed by atoms with Gasteiger partial charge in [0.1, 0.15) is 6.07 Å². The van der Waals surface area contributed by atoms with Gasteiger partial charge in [0.2, 0.25) is 5.91 Å². The van der Waals surface area contributed by atoms with Gasteiger partial charge in [0, 0.05) is 12.1 Å². The second-order valence-electron chi connectivity index (χ2n) is 4.21. The fourth-order valence-electron chi connectivity index (χ4n) is 1.92. The van der Waals surface area contributed by atoms with Crippen LogP contribution < -0.4 is 0 Å². The van der Waals surface area contributed by atoms with E-state index >= 15 is 0 Å². The van der Waals surface area contributed by atoms with E-state index < -0.39 is 0 Å². The first-order valence-corrected chi connectivity index (χ1v) is 7.18. The first kappa shape index (κ1) is 14.0. The second-order valence-corrected chi connectivity index (χ2v) is 5.84. The van der Waals surface area contributed by atoms with Gasteiger partial charge in [-0.15, -0.1) is 0 Å². The molecule has 1 aromatic carbocycles. The minimum Gasteiger partial charge on any atom is -0.308 e. The summed E-state index contributed by atoms with van der Waals surface area (Å²) >= 11 is 7.31. The van der Waals surface area contributed by atoms with Gasteiger partial charge in [-0.3, -0.25) is 4.79 Å². The maximum Gasteiger partial charge on any atom is 0.240 e. The molecule has 3 nitrogen and oxygen atoms in total. The Morgan fingerprint density at radius 2 is 2.11 bits per heavy atom. The SMILES string of the molecule is CCC1S/C(=C(/C#N)c2ccc(Cl)cc2)N(C)C1=O. The first-order chi connectivity index (χ1) is 9.08. The van der Waals surface area contributed by atoms with Crippen molar-refractivity contribution in [3.05, 3.63) is 39.9 Å². The van der Waals surface area contributed by atoms with Crippen molar-refractivity contribution in [3.8, 4) is 6.07 Å². The van der Waals surface area contributed by atoms with E-state index in [-0.39, 0.29) is 11.2 Å². The average molecular weight is 293 g/mol. The Bertz CT molecular complexity index is 574. The lowest BCUT2D eigenvalue weighted by atomic mass is 10.1. The predicted molar refractivity (Wildman–Crippen MR) is 78.4 cm³/mol. The quantitative estimate of drug-likeness (QED) is 0.784. The molecule has 98 valence electrons. The number of benzene rings is 1. The molecule has 1 aliphatic rings. The summed E-state index contributed by atoms with van der Waals surface area (Å²) in [5.74, 6) is 0.0595. The van der Waals surface area contributed by atoms with Crippen LogP contribution in [0.1, 0.15) is 18.9 Å². The minimum atomic E-state index is -0.0874. The van der Waals surface area contributed by atoms with Crippen LogP contribution in [0.5, 0.6) is 0 Å². The molecule has 1 aromatic rings. The van der Waals surface area contributed by atoms with Crippen LogP contribution >= 0.6 is 23.4 Å². The summed E-state index contributed by atoms with van der Waals surface area (Å²) in [7, 11) is 1.72. The van der Waals surface area contributed by atoms with Crippen molar-refractivity contribution in [2.45, 2.75) is 18.6 Å². The number of hydrogen-bond acceptors (Lipinski definition) is 3. The molecule has 0 aliphatic carbocycles. The number of nitriles is 1. The van der Waals surface area contributed by atoms with E-state index in [0.717, 1.165) is 17.0 Å². The Labute approximate surface area is 121 Å². The number of carbonyl (C=O) groups excluding carboxylic acids is 1. The zero-order valence-electron chi connectivity index (χ0n) is 10.7. The lowest BCUT2D eigenvalue weighted by Crippen LogP contribution is -2.24. The normalized spacial score (nSPS) is 21.5. The lowest BCUT2D eigenvalue weighted by molar-refractivity contribution is -0.126. The van der Waals surface area contributed by atoms with E-state index in [2.05, 4.69) is 6.07 Å². The summed E-state index contributed by atoms with van der Waals surface area (Å²) in [6.07, 6.45) is 0.761. The maximum atomic E-state index is 12.0. The Balaban J connectivity index is 2.47. The maximum absolute atomic E-state index is 12.0. The zero-order valence-corrected chi connectivity index (χ0v) is 12.3. The van der Waals surface area contributed by atoms with Crippen LogP contribution in [0.2, 0.25) is 5.02 Å². The highest BCUT2D eigenvalue weighted by Crippen LogP contribution is 2.40. The fraction of sp³-hybridized carbons (Fsp3) is 0.286. The van der Waals surface area contributed by atoms with E-state index in [1.165, 1.54) is 11.8 Å². The smallest absolute Gasteiger partial charge is 0.240 e.